The Bertz CT molecular complexity index is 1340. The third kappa shape index (κ3) is 4.15. The Morgan fingerprint density at radius 3 is 2.74 bits per heavy atom. The van der Waals surface area contributed by atoms with Crippen molar-refractivity contribution in [2.45, 2.75) is 25.6 Å². The van der Waals surface area contributed by atoms with Gasteiger partial charge in [-0.15, -0.1) is 0 Å². The van der Waals surface area contributed by atoms with E-state index in [0.29, 0.717) is 17.4 Å². The second-order valence-electron chi connectivity index (χ2n) is 8.15. The number of furan rings is 1. The highest BCUT2D eigenvalue weighted by molar-refractivity contribution is 7.80. The number of carboxylic acids is 1. The van der Waals surface area contributed by atoms with Crippen LogP contribution in [0.5, 0.6) is 0 Å². The van der Waals surface area contributed by atoms with Gasteiger partial charge in [0.15, 0.2) is 5.11 Å². The van der Waals surface area contributed by atoms with E-state index in [9.17, 15) is 9.90 Å². The summed E-state index contributed by atoms with van der Waals surface area (Å²) >= 11 is 5.72. The molecule has 1 saturated heterocycles. The topological polar surface area (TPSA) is 91.5 Å². The molecule has 34 heavy (non-hydrogen) atoms. The molecule has 0 unspecified atom stereocenters. The first kappa shape index (κ1) is 21.8. The summed E-state index contributed by atoms with van der Waals surface area (Å²) in [7, 11) is 0. The van der Waals surface area contributed by atoms with E-state index >= 15 is 0 Å². The van der Waals surface area contributed by atoms with E-state index < -0.39 is 5.97 Å². The predicted molar refractivity (Wildman–Crippen MR) is 131 cm³/mol. The minimum absolute atomic E-state index is 0.195. The van der Waals surface area contributed by atoms with Gasteiger partial charge in [-0.05, 0) is 72.7 Å². The number of hydrogen-bond donors (Lipinski definition) is 2. The molecule has 0 bridgehead atoms. The van der Waals surface area contributed by atoms with E-state index in [1.807, 2.05) is 55.6 Å². The van der Waals surface area contributed by atoms with Gasteiger partial charge in [0.25, 0.3) is 0 Å². The van der Waals surface area contributed by atoms with Gasteiger partial charge in [0.05, 0.1) is 17.3 Å². The molecule has 4 aromatic rings. The second-order valence-corrected chi connectivity index (χ2v) is 8.54. The van der Waals surface area contributed by atoms with Crippen LogP contribution >= 0.6 is 12.2 Å². The number of aromatic carboxylic acids is 1. The van der Waals surface area contributed by atoms with Crippen LogP contribution in [0.4, 0.5) is 0 Å². The van der Waals surface area contributed by atoms with Crippen LogP contribution in [0.3, 0.4) is 0 Å². The number of aromatic nitrogens is 2. The third-order valence-electron chi connectivity index (χ3n) is 5.93. The van der Waals surface area contributed by atoms with Crippen LogP contribution in [-0.4, -0.2) is 31.1 Å². The zero-order valence-corrected chi connectivity index (χ0v) is 19.2. The van der Waals surface area contributed by atoms with E-state index in [-0.39, 0.29) is 17.6 Å². The number of carboxylic acid groups (broad SMARTS) is 1. The van der Waals surface area contributed by atoms with Crippen molar-refractivity contribution in [1.82, 2.24) is 20.2 Å². The molecule has 0 amide bonds. The fourth-order valence-corrected chi connectivity index (χ4v) is 4.61. The number of aryl methyl sites for hydroxylation is 1. The molecule has 4 heterocycles. The lowest BCUT2D eigenvalue weighted by Crippen LogP contribution is -2.29. The maximum atomic E-state index is 11.3. The number of rotatable bonds is 6. The zero-order chi connectivity index (χ0) is 23.7. The molecule has 0 aliphatic carbocycles. The molecule has 1 fully saturated rings. The van der Waals surface area contributed by atoms with Crippen LogP contribution in [0, 0.1) is 6.92 Å². The number of nitrogens with one attached hydrogen (secondary N) is 1. The Balaban J connectivity index is 1.53. The number of carbonyl (C=O) groups is 1. The van der Waals surface area contributed by atoms with E-state index in [2.05, 4.69) is 20.2 Å². The minimum Gasteiger partial charge on any atom is -0.478 e. The van der Waals surface area contributed by atoms with Crippen LogP contribution in [0.25, 0.3) is 11.3 Å². The molecule has 1 aliphatic rings. The Hall–Kier alpha value is -4.04. The van der Waals surface area contributed by atoms with Crippen LogP contribution < -0.4 is 5.32 Å². The van der Waals surface area contributed by atoms with Crippen molar-refractivity contribution in [3.05, 3.63) is 107 Å². The molecule has 8 heteroatoms. The molecule has 170 valence electrons. The van der Waals surface area contributed by atoms with Crippen LogP contribution in [-0.2, 0) is 6.54 Å². The monoisotopic (exact) mass is 470 g/mol. The molecular weight excluding hydrogens is 448 g/mol. The lowest BCUT2D eigenvalue weighted by atomic mass is 10.0. The molecule has 1 aliphatic heterocycles. The van der Waals surface area contributed by atoms with E-state index in [4.69, 9.17) is 16.6 Å². The fourth-order valence-electron chi connectivity index (χ4n) is 4.30. The van der Waals surface area contributed by atoms with Crippen molar-refractivity contribution < 1.29 is 14.3 Å². The lowest BCUT2D eigenvalue weighted by Gasteiger charge is -2.26. The summed E-state index contributed by atoms with van der Waals surface area (Å²) in [6, 6.07) is 18.2. The summed E-state index contributed by atoms with van der Waals surface area (Å²) < 4.78 is 6.37. The maximum Gasteiger partial charge on any atom is 0.335 e. The Labute approximate surface area is 202 Å². The maximum absolute atomic E-state index is 11.3. The second kappa shape index (κ2) is 9.07. The number of nitrogens with zero attached hydrogens (tertiary/aromatic N) is 3. The van der Waals surface area contributed by atoms with Gasteiger partial charge in [-0.25, -0.2) is 4.79 Å². The average Bonchev–Trinajstić information content (AvgIpc) is 3.45. The molecule has 0 spiro atoms. The summed E-state index contributed by atoms with van der Waals surface area (Å²) in [5.74, 6) is 0.455. The Morgan fingerprint density at radius 1 is 1.15 bits per heavy atom. The van der Waals surface area contributed by atoms with E-state index in [1.165, 1.54) is 0 Å². The zero-order valence-electron chi connectivity index (χ0n) is 18.4. The van der Waals surface area contributed by atoms with Gasteiger partial charge in [-0.2, -0.15) is 0 Å². The number of hydrogen-bond acceptors (Lipinski definition) is 5. The predicted octanol–water partition coefficient (Wildman–Crippen LogP) is 4.92. The highest BCUT2D eigenvalue weighted by Crippen LogP contribution is 2.41. The standard InChI is InChI=1S/C26H22N4O3S/c1-16-13-18(25(31)32)7-8-19(16)21-9-10-22(33-21)24-23(20-6-2-3-12-28-20)29-26(34)30(24)15-17-5-4-11-27-14-17/h2-14,23-24H,15H2,1H3,(H,29,34)(H,31,32)/t23-,24-/m0/s1. The number of thiocarbonyl (C=S) groups is 1. The van der Waals surface area contributed by atoms with Gasteiger partial charge in [0.1, 0.15) is 17.6 Å². The van der Waals surface area contributed by atoms with E-state index in [1.54, 1.807) is 30.6 Å². The molecule has 1 aromatic carbocycles. The Kier molecular flexibility index (Phi) is 5.81. The fraction of sp³-hybridized carbons (Fsp3) is 0.154. The molecule has 3 aromatic heterocycles. The van der Waals surface area contributed by atoms with Gasteiger partial charge in [-0.1, -0.05) is 18.2 Å². The van der Waals surface area contributed by atoms with Gasteiger partial charge in [0, 0.05) is 30.7 Å². The average molecular weight is 471 g/mol. The van der Waals surface area contributed by atoms with Crippen molar-refractivity contribution in [1.29, 1.82) is 0 Å². The summed E-state index contributed by atoms with van der Waals surface area (Å²) in [6.07, 6.45) is 5.34. The first-order valence-electron chi connectivity index (χ1n) is 10.8. The molecule has 0 saturated carbocycles. The van der Waals surface area contributed by atoms with Crippen molar-refractivity contribution in [3.8, 4) is 11.3 Å². The third-order valence-corrected chi connectivity index (χ3v) is 6.28. The first-order valence-corrected chi connectivity index (χ1v) is 11.2. The Morgan fingerprint density at radius 2 is 2.03 bits per heavy atom. The van der Waals surface area contributed by atoms with Crippen LogP contribution in [0.2, 0.25) is 0 Å². The number of pyridine rings is 2. The lowest BCUT2D eigenvalue weighted by molar-refractivity contribution is 0.0697. The van der Waals surface area contributed by atoms with Crippen LogP contribution in [0.1, 0.15) is 45.0 Å². The first-order chi connectivity index (χ1) is 16.5. The summed E-state index contributed by atoms with van der Waals surface area (Å²) in [4.78, 5) is 22.2. The normalized spacial score (nSPS) is 17.6. The largest absolute Gasteiger partial charge is 0.478 e. The van der Waals surface area contributed by atoms with Crippen molar-refractivity contribution in [2.75, 3.05) is 0 Å². The van der Waals surface area contributed by atoms with Crippen molar-refractivity contribution in [3.63, 3.8) is 0 Å². The van der Waals surface area contributed by atoms with Crippen molar-refractivity contribution >= 4 is 23.3 Å². The summed E-state index contributed by atoms with van der Waals surface area (Å²) in [5.41, 5.74) is 3.82. The quantitative estimate of drug-likeness (QED) is 0.384. The highest BCUT2D eigenvalue weighted by atomic mass is 32.1. The van der Waals surface area contributed by atoms with Crippen LogP contribution in [0.15, 0.2) is 83.7 Å². The molecular formula is C26H22N4O3S. The molecule has 0 radical (unpaired) electrons. The summed E-state index contributed by atoms with van der Waals surface area (Å²) in [5, 5.41) is 13.3. The number of benzene rings is 1. The molecule has 5 rings (SSSR count). The van der Waals surface area contributed by atoms with E-state index in [0.717, 1.165) is 28.1 Å². The van der Waals surface area contributed by atoms with Crippen molar-refractivity contribution in [2.24, 2.45) is 0 Å². The molecule has 2 atom stereocenters. The minimum atomic E-state index is -0.954. The van der Waals surface area contributed by atoms with Gasteiger partial charge in [-0.3, -0.25) is 9.97 Å². The highest BCUT2D eigenvalue weighted by Gasteiger charge is 2.41. The SMILES string of the molecule is Cc1cc(C(=O)O)ccc1-c1ccc([C@H]2[C@H](c3ccccn3)NC(=S)N2Cc2cccnc2)o1. The van der Waals surface area contributed by atoms with Gasteiger partial charge >= 0.3 is 5.97 Å². The molecule has 7 nitrogen and oxygen atoms in total. The summed E-state index contributed by atoms with van der Waals surface area (Å²) in [6.45, 7) is 2.44. The smallest absolute Gasteiger partial charge is 0.335 e. The molecule has 2 N–H and O–H groups in total. The van der Waals surface area contributed by atoms with Gasteiger partial charge < -0.3 is 19.7 Å². The van der Waals surface area contributed by atoms with Gasteiger partial charge in [0.2, 0.25) is 0 Å².